The van der Waals surface area contributed by atoms with Gasteiger partial charge in [0.2, 0.25) is 0 Å². The van der Waals surface area contributed by atoms with E-state index in [1.165, 1.54) is 6.07 Å². The minimum absolute atomic E-state index is 0.762. The van der Waals surface area contributed by atoms with E-state index in [0.29, 0.717) is 0 Å². The molecular formula is C10H6F7O. The second-order valence-electron chi connectivity index (χ2n) is 3.49. The van der Waals surface area contributed by atoms with Crippen molar-refractivity contribution in [2.24, 2.45) is 0 Å². The minimum atomic E-state index is -6.49. The Morgan fingerprint density at radius 3 is 1.67 bits per heavy atom. The molecule has 1 aromatic rings. The van der Waals surface area contributed by atoms with Crippen LogP contribution in [0.3, 0.4) is 0 Å². The predicted octanol–water partition coefficient (Wildman–Crippen LogP) is 3.99. The predicted molar refractivity (Wildman–Crippen MR) is 45.8 cm³/mol. The first-order valence-corrected chi connectivity index (χ1v) is 4.55. The Morgan fingerprint density at radius 1 is 0.833 bits per heavy atom. The Hall–Kier alpha value is -1.31. The maximum absolute atomic E-state index is 13.0. The molecule has 1 aromatic carbocycles. The summed E-state index contributed by atoms with van der Waals surface area (Å²) in [5.41, 5.74) is -0.841. The number of benzene rings is 1. The third-order valence-corrected chi connectivity index (χ3v) is 2.21. The van der Waals surface area contributed by atoms with E-state index in [4.69, 9.17) is 0 Å². The van der Waals surface area contributed by atoms with Gasteiger partial charge < -0.3 is 0 Å². The summed E-state index contributed by atoms with van der Waals surface area (Å²) >= 11 is 0. The van der Waals surface area contributed by atoms with Crippen molar-refractivity contribution >= 4 is 0 Å². The van der Waals surface area contributed by atoms with Crippen LogP contribution in [0.4, 0.5) is 30.7 Å². The van der Waals surface area contributed by atoms with Gasteiger partial charge in [0.05, 0.1) is 0 Å². The van der Waals surface area contributed by atoms with Gasteiger partial charge in [-0.15, -0.1) is 0 Å². The van der Waals surface area contributed by atoms with Crippen LogP contribution in [0, 0.1) is 0 Å². The lowest BCUT2D eigenvalue weighted by Gasteiger charge is -2.30. The highest BCUT2D eigenvalue weighted by atomic mass is 19.4. The lowest BCUT2D eigenvalue weighted by molar-refractivity contribution is -0.376. The molecule has 8 heteroatoms. The van der Waals surface area contributed by atoms with Crippen molar-refractivity contribution in [2.45, 2.75) is 24.1 Å². The van der Waals surface area contributed by atoms with Crippen LogP contribution in [0.15, 0.2) is 30.3 Å². The fourth-order valence-corrected chi connectivity index (χ4v) is 1.19. The van der Waals surface area contributed by atoms with Crippen LogP contribution in [0.2, 0.25) is 0 Å². The number of hydrogen-bond acceptors (Lipinski definition) is 0. The van der Waals surface area contributed by atoms with E-state index in [-0.39, 0.29) is 0 Å². The smallest absolute Gasteiger partial charge is 0.221 e. The summed E-state index contributed by atoms with van der Waals surface area (Å²) < 4.78 is 86.6. The summed E-state index contributed by atoms with van der Waals surface area (Å²) in [6, 6.07) is 5.00. The molecule has 0 bridgehead atoms. The molecule has 0 aliphatic rings. The molecule has 0 amide bonds. The first kappa shape index (κ1) is 14.7. The van der Waals surface area contributed by atoms with Gasteiger partial charge >= 0.3 is 18.0 Å². The third-order valence-electron chi connectivity index (χ3n) is 2.21. The highest BCUT2D eigenvalue weighted by Crippen LogP contribution is 2.51. The molecule has 1 unspecified atom stereocenters. The molecule has 1 rings (SSSR count). The van der Waals surface area contributed by atoms with Crippen molar-refractivity contribution in [3.05, 3.63) is 35.9 Å². The average molecular weight is 275 g/mol. The van der Waals surface area contributed by atoms with Crippen molar-refractivity contribution < 1.29 is 35.8 Å². The zero-order chi connectivity index (χ0) is 14.2. The van der Waals surface area contributed by atoms with Gasteiger partial charge in [0.25, 0.3) is 0 Å². The monoisotopic (exact) mass is 275 g/mol. The third kappa shape index (κ3) is 2.29. The maximum atomic E-state index is 13.0. The van der Waals surface area contributed by atoms with E-state index >= 15 is 0 Å². The fraction of sp³-hybridized carbons (Fsp3) is 0.400. The Balaban J connectivity index is 3.15. The second kappa shape index (κ2) is 4.42. The summed E-state index contributed by atoms with van der Waals surface area (Å²) in [6.45, 7) is 0. The van der Waals surface area contributed by atoms with E-state index in [1.807, 2.05) is 0 Å². The topological polar surface area (TPSA) is 19.9 Å². The van der Waals surface area contributed by atoms with Gasteiger partial charge in [0.1, 0.15) is 0 Å². The van der Waals surface area contributed by atoms with Crippen molar-refractivity contribution in [3.63, 3.8) is 0 Å². The molecule has 0 spiro atoms. The zero-order valence-corrected chi connectivity index (χ0v) is 8.52. The van der Waals surface area contributed by atoms with Crippen LogP contribution in [0.5, 0.6) is 0 Å². The summed E-state index contributed by atoms with van der Waals surface area (Å²) in [6.07, 6.45) is -10.00. The lowest BCUT2D eigenvalue weighted by atomic mass is 9.98. The molecular weight excluding hydrogens is 269 g/mol. The number of alkyl halides is 7. The Morgan fingerprint density at radius 2 is 1.28 bits per heavy atom. The van der Waals surface area contributed by atoms with Gasteiger partial charge in [-0.25, -0.2) is 5.11 Å². The maximum Gasteiger partial charge on any atom is 0.459 e. The molecule has 1 atom stereocenters. The molecule has 1 nitrogen and oxygen atoms in total. The van der Waals surface area contributed by atoms with Crippen LogP contribution in [0.25, 0.3) is 0 Å². The van der Waals surface area contributed by atoms with E-state index < -0.39 is 29.7 Å². The summed E-state index contributed by atoms with van der Waals surface area (Å²) in [5.74, 6) is -12.2. The quantitative estimate of drug-likeness (QED) is 0.743. The molecule has 0 aliphatic carbocycles. The Bertz CT molecular complexity index is 398. The number of rotatable bonds is 3. The first-order chi connectivity index (χ1) is 8.02. The molecule has 0 aromatic heterocycles. The standard InChI is InChI=1S/C10H6F7O/c11-8(12,9(13,14)10(15,16)17)7(18)6-4-2-1-3-5-6/h1-5,7H. The molecule has 0 saturated heterocycles. The first-order valence-electron chi connectivity index (χ1n) is 4.55. The molecule has 0 N–H and O–H groups in total. The van der Waals surface area contributed by atoms with Crippen LogP contribution < -0.4 is 0 Å². The Labute approximate surface area is 96.8 Å². The van der Waals surface area contributed by atoms with Crippen LogP contribution in [0.1, 0.15) is 11.7 Å². The van der Waals surface area contributed by atoms with E-state index in [0.717, 1.165) is 24.3 Å². The molecule has 101 valence electrons. The molecule has 0 aliphatic heterocycles. The van der Waals surface area contributed by atoms with Crippen LogP contribution in [-0.2, 0) is 5.11 Å². The average Bonchev–Trinajstić information content (AvgIpc) is 2.27. The van der Waals surface area contributed by atoms with Crippen LogP contribution >= 0.6 is 0 Å². The molecule has 18 heavy (non-hydrogen) atoms. The Kier molecular flexibility index (Phi) is 3.62. The summed E-state index contributed by atoms with van der Waals surface area (Å²) in [7, 11) is 0. The van der Waals surface area contributed by atoms with Crippen molar-refractivity contribution in [1.29, 1.82) is 0 Å². The minimum Gasteiger partial charge on any atom is -0.221 e. The number of halogens is 7. The van der Waals surface area contributed by atoms with E-state index in [1.54, 1.807) is 0 Å². The van der Waals surface area contributed by atoms with Gasteiger partial charge in [-0.1, -0.05) is 30.3 Å². The molecule has 0 heterocycles. The lowest BCUT2D eigenvalue weighted by Crippen LogP contribution is -2.54. The number of hydrogen-bond donors (Lipinski definition) is 0. The summed E-state index contributed by atoms with van der Waals surface area (Å²) in [5, 5.41) is 11.1. The fourth-order valence-electron chi connectivity index (χ4n) is 1.19. The zero-order valence-electron chi connectivity index (χ0n) is 8.52. The van der Waals surface area contributed by atoms with Crippen LogP contribution in [-0.4, -0.2) is 18.0 Å². The van der Waals surface area contributed by atoms with Gasteiger partial charge in [-0.3, -0.25) is 0 Å². The van der Waals surface area contributed by atoms with Gasteiger partial charge in [-0.05, 0) is 5.56 Å². The molecule has 0 saturated carbocycles. The summed E-state index contributed by atoms with van der Waals surface area (Å²) in [4.78, 5) is 0. The van der Waals surface area contributed by atoms with Gasteiger partial charge in [0, 0.05) is 0 Å². The molecule has 1 radical (unpaired) electrons. The second-order valence-corrected chi connectivity index (χ2v) is 3.49. The van der Waals surface area contributed by atoms with Crippen molar-refractivity contribution in [2.75, 3.05) is 0 Å². The van der Waals surface area contributed by atoms with Gasteiger partial charge in [-0.2, -0.15) is 30.7 Å². The van der Waals surface area contributed by atoms with Gasteiger partial charge in [0.15, 0.2) is 6.10 Å². The normalized spacial score (nSPS) is 15.6. The van der Waals surface area contributed by atoms with Crippen molar-refractivity contribution in [1.82, 2.24) is 0 Å². The highest BCUT2D eigenvalue weighted by molar-refractivity contribution is 5.20. The van der Waals surface area contributed by atoms with E-state index in [2.05, 4.69) is 0 Å². The largest absolute Gasteiger partial charge is 0.459 e. The molecule has 0 fully saturated rings. The van der Waals surface area contributed by atoms with E-state index in [9.17, 15) is 35.8 Å². The van der Waals surface area contributed by atoms with Crippen molar-refractivity contribution in [3.8, 4) is 0 Å². The highest BCUT2D eigenvalue weighted by Gasteiger charge is 2.75. The SMILES string of the molecule is [O]C(c1ccccc1)C(F)(F)C(F)(F)C(F)(F)F.